The zero-order chi connectivity index (χ0) is 12.4. The highest BCUT2D eigenvalue weighted by atomic mass is 32.2. The summed E-state index contributed by atoms with van der Waals surface area (Å²) < 4.78 is 0. The van der Waals surface area contributed by atoms with Crippen LogP contribution < -0.4 is 5.32 Å². The van der Waals surface area contributed by atoms with E-state index in [2.05, 4.69) is 28.5 Å². The highest BCUT2D eigenvalue weighted by Crippen LogP contribution is 2.24. The Morgan fingerprint density at radius 3 is 3.00 bits per heavy atom. The molecule has 3 nitrogen and oxygen atoms in total. The second kappa shape index (κ2) is 5.34. The van der Waals surface area contributed by atoms with Crippen LogP contribution in [0.5, 0.6) is 0 Å². The van der Waals surface area contributed by atoms with E-state index >= 15 is 0 Å². The van der Waals surface area contributed by atoms with Gasteiger partial charge in [0.25, 0.3) is 0 Å². The summed E-state index contributed by atoms with van der Waals surface area (Å²) in [7, 11) is 0. The number of aliphatic hydroxyl groups excluding tert-OH is 1. The maximum atomic E-state index is 9.86. The van der Waals surface area contributed by atoms with Crippen molar-refractivity contribution >= 4 is 22.7 Å². The number of benzene rings is 1. The van der Waals surface area contributed by atoms with E-state index in [1.807, 2.05) is 12.1 Å². The fraction of sp³-hybridized carbons (Fsp3) is 0.429. The van der Waals surface area contributed by atoms with Gasteiger partial charge in [-0.25, -0.2) is 0 Å². The third-order valence-corrected chi connectivity index (χ3v) is 4.24. The van der Waals surface area contributed by atoms with E-state index in [-0.39, 0.29) is 6.10 Å². The van der Waals surface area contributed by atoms with Gasteiger partial charge in [0.2, 0.25) is 0 Å². The first-order valence-corrected chi connectivity index (χ1v) is 7.42. The van der Waals surface area contributed by atoms with Crippen LogP contribution >= 0.6 is 11.8 Å². The van der Waals surface area contributed by atoms with Gasteiger partial charge in [0.05, 0.1) is 11.1 Å². The molecule has 0 spiro atoms. The molecule has 2 aromatic rings. The van der Waals surface area contributed by atoms with Gasteiger partial charge in [-0.1, -0.05) is 18.2 Å². The molecule has 1 aromatic carbocycles. The van der Waals surface area contributed by atoms with E-state index in [0.29, 0.717) is 12.6 Å². The number of nitrogens with one attached hydrogen (secondary N) is 2. The molecule has 4 heteroatoms. The molecule has 1 atom stereocenters. The smallest absolute Gasteiger partial charge is 0.0758 e. The lowest BCUT2D eigenvalue weighted by atomic mass is 10.3. The number of para-hydroxylation sites is 1. The van der Waals surface area contributed by atoms with Crippen LogP contribution in [0.25, 0.3) is 10.9 Å². The Morgan fingerprint density at radius 2 is 2.22 bits per heavy atom. The van der Waals surface area contributed by atoms with Crippen molar-refractivity contribution in [1.82, 2.24) is 10.3 Å². The summed E-state index contributed by atoms with van der Waals surface area (Å²) in [5, 5.41) is 15.6. The molecular formula is C14H18N2OS. The van der Waals surface area contributed by atoms with Crippen LogP contribution in [0.3, 0.4) is 0 Å². The van der Waals surface area contributed by atoms with Crippen LogP contribution in [0.4, 0.5) is 0 Å². The maximum absolute atomic E-state index is 9.86. The molecule has 1 heterocycles. The lowest BCUT2D eigenvalue weighted by Gasteiger charge is -2.10. The standard InChI is InChI=1S/C14H18N2OS/c17-12(8-15-11-5-6-11)9-18-14-7-10-3-1-2-4-13(10)16-14/h1-4,7,11-12,15-17H,5-6,8-9H2. The zero-order valence-electron chi connectivity index (χ0n) is 10.2. The van der Waals surface area contributed by atoms with Crippen LogP contribution in [0.1, 0.15) is 12.8 Å². The molecule has 1 aliphatic carbocycles. The van der Waals surface area contributed by atoms with Crippen molar-refractivity contribution in [2.75, 3.05) is 12.3 Å². The molecule has 1 fully saturated rings. The van der Waals surface area contributed by atoms with Crippen LogP contribution in [0, 0.1) is 0 Å². The Bertz CT molecular complexity index is 488. The van der Waals surface area contributed by atoms with E-state index in [0.717, 1.165) is 16.3 Å². The van der Waals surface area contributed by atoms with Crippen LogP contribution in [0.15, 0.2) is 35.4 Å². The topological polar surface area (TPSA) is 48.0 Å². The number of H-pyrrole nitrogens is 1. The quantitative estimate of drug-likeness (QED) is 0.701. The average molecular weight is 262 g/mol. The molecule has 0 amide bonds. The molecule has 0 aliphatic heterocycles. The van der Waals surface area contributed by atoms with E-state index in [4.69, 9.17) is 0 Å². The first kappa shape index (κ1) is 12.1. The number of fused-ring (bicyclic) bond motifs is 1. The summed E-state index contributed by atoms with van der Waals surface area (Å²) in [5.41, 5.74) is 1.16. The predicted molar refractivity (Wildman–Crippen MR) is 76.1 cm³/mol. The van der Waals surface area contributed by atoms with Crippen LogP contribution in [-0.2, 0) is 0 Å². The second-order valence-electron chi connectivity index (χ2n) is 4.87. The molecule has 1 saturated carbocycles. The molecule has 0 radical (unpaired) electrons. The number of aromatic nitrogens is 1. The molecule has 3 rings (SSSR count). The normalized spacial score (nSPS) is 17.2. The first-order valence-electron chi connectivity index (χ1n) is 6.43. The number of rotatable bonds is 6. The molecule has 1 aromatic heterocycles. The van der Waals surface area contributed by atoms with Gasteiger partial charge in [-0.05, 0) is 25.0 Å². The third kappa shape index (κ3) is 3.07. The zero-order valence-corrected chi connectivity index (χ0v) is 11.0. The largest absolute Gasteiger partial charge is 0.391 e. The Kier molecular flexibility index (Phi) is 3.59. The van der Waals surface area contributed by atoms with Crippen LogP contribution in [-0.4, -0.2) is 34.5 Å². The summed E-state index contributed by atoms with van der Waals surface area (Å²) in [5.74, 6) is 0.729. The number of aliphatic hydroxyl groups is 1. The van der Waals surface area contributed by atoms with Crippen molar-refractivity contribution in [3.8, 4) is 0 Å². The molecule has 18 heavy (non-hydrogen) atoms. The minimum Gasteiger partial charge on any atom is -0.391 e. The highest BCUT2D eigenvalue weighted by Gasteiger charge is 2.21. The molecule has 1 aliphatic rings. The minimum absolute atomic E-state index is 0.276. The summed E-state index contributed by atoms with van der Waals surface area (Å²) >= 11 is 1.68. The van der Waals surface area contributed by atoms with Gasteiger partial charge in [0, 0.05) is 29.2 Å². The number of hydrogen-bond donors (Lipinski definition) is 3. The van der Waals surface area contributed by atoms with Crippen LogP contribution in [0.2, 0.25) is 0 Å². The van der Waals surface area contributed by atoms with Gasteiger partial charge in [-0.15, -0.1) is 11.8 Å². The Hall–Kier alpha value is -0.970. The maximum Gasteiger partial charge on any atom is 0.0758 e. The van der Waals surface area contributed by atoms with Crippen molar-refractivity contribution in [3.63, 3.8) is 0 Å². The van der Waals surface area contributed by atoms with Gasteiger partial charge in [0.1, 0.15) is 0 Å². The summed E-state index contributed by atoms with van der Waals surface area (Å²) in [6, 6.07) is 11.0. The summed E-state index contributed by atoms with van der Waals surface area (Å²) in [4.78, 5) is 3.36. The second-order valence-corrected chi connectivity index (χ2v) is 5.93. The number of thioether (sulfide) groups is 1. The molecule has 0 bridgehead atoms. The summed E-state index contributed by atoms with van der Waals surface area (Å²) in [6.45, 7) is 0.706. The van der Waals surface area contributed by atoms with Crippen molar-refractivity contribution < 1.29 is 5.11 Å². The van der Waals surface area contributed by atoms with E-state index in [1.165, 1.54) is 18.2 Å². The summed E-state index contributed by atoms with van der Waals surface area (Å²) in [6.07, 6.45) is 2.26. The number of aromatic amines is 1. The van der Waals surface area contributed by atoms with E-state index < -0.39 is 0 Å². The monoisotopic (exact) mass is 262 g/mol. The predicted octanol–water partition coefficient (Wildman–Crippen LogP) is 2.37. The van der Waals surface area contributed by atoms with E-state index in [9.17, 15) is 5.11 Å². The lowest BCUT2D eigenvalue weighted by Crippen LogP contribution is -2.29. The van der Waals surface area contributed by atoms with Gasteiger partial charge >= 0.3 is 0 Å². The van der Waals surface area contributed by atoms with Gasteiger partial charge in [0.15, 0.2) is 0 Å². The fourth-order valence-corrected chi connectivity index (χ4v) is 2.84. The minimum atomic E-state index is -0.276. The molecule has 3 N–H and O–H groups in total. The molecule has 0 saturated heterocycles. The average Bonchev–Trinajstić information content (AvgIpc) is 3.11. The highest BCUT2D eigenvalue weighted by molar-refractivity contribution is 7.99. The SMILES string of the molecule is OC(CNC1CC1)CSc1cc2ccccc2[nH]1. The Balaban J connectivity index is 1.51. The van der Waals surface area contributed by atoms with Crippen molar-refractivity contribution in [3.05, 3.63) is 30.3 Å². The molecule has 1 unspecified atom stereocenters. The van der Waals surface area contributed by atoms with Crippen molar-refractivity contribution in [2.45, 2.75) is 30.0 Å². The van der Waals surface area contributed by atoms with E-state index in [1.54, 1.807) is 11.8 Å². The molecular weight excluding hydrogens is 244 g/mol. The third-order valence-electron chi connectivity index (χ3n) is 3.16. The van der Waals surface area contributed by atoms with Gasteiger partial charge in [-0.2, -0.15) is 0 Å². The number of hydrogen-bond acceptors (Lipinski definition) is 3. The lowest BCUT2D eigenvalue weighted by molar-refractivity contribution is 0.195. The van der Waals surface area contributed by atoms with Gasteiger partial charge in [-0.3, -0.25) is 0 Å². The van der Waals surface area contributed by atoms with Crippen molar-refractivity contribution in [2.24, 2.45) is 0 Å². The Morgan fingerprint density at radius 1 is 1.39 bits per heavy atom. The first-order chi connectivity index (χ1) is 8.81. The van der Waals surface area contributed by atoms with Gasteiger partial charge < -0.3 is 15.4 Å². The fourth-order valence-electron chi connectivity index (χ4n) is 1.96. The molecule has 96 valence electrons. The Labute approximate surface area is 111 Å². The van der Waals surface area contributed by atoms with Crippen molar-refractivity contribution in [1.29, 1.82) is 0 Å².